The molecule has 102 valence electrons. The van der Waals surface area contributed by atoms with E-state index in [1.165, 1.54) is 14.2 Å². The second kappa shape index (κ2) is 6.73. The lowest BCUT2D eigenvalue weighted by atomic mass is 9.85. The van der Waals surface area contributed by atoms with Crippen LogP contribution in [0.2, 0.25) is 0 Å². The molecule has 0 saturated heterocycles. The molecule has 0 aromatic heterocycles. The summed E-state index contributed by atoms with van der Waals surface area (Å²) >= 11 is 0. The standard InChI is InChI=1S/C15H18O4/c1-5-12(11-8-6-10(2)7-9-11)13(14(16)18-3)15(17)19-4/h5-9,12-13H,1H2,2-4H3. The summed E-state index contributed by atoms with van der Waals surface area (Å²) in [4.78, 5) is 23.6. The molecule has 0 N–H and O–H groups in total. The third kappa shape index (κ3) is 3.44. The molecule has 0 aliphatic heterocycles. The fraction of sp³-hybridized carbons (Fsp3) is 0.333. The molecule has 0 fully saturated rings. The Labute approximate surface area is 113 Å². The molecule has 1 unspecified atom stereocenters. The molecular weight excluding hydrogens is 244 g/mol. The fourth-order valence-corrected chi connectivity index (χ4v) is 1.90. The van der Waals surface area contributed by atoms with E-state index in [0.29, 0.717) is 0 Å². The highest BCUT2D eigenvalue weighted by Crippen LogP contribution is 2.28. The van der Waals surface area contributed by atoms with Gasteiger partial charge in [-0.1, -0.05) is 35.9 Å². The fourth-order valence-electron chi connectivity index (χ4n) is 1.90. The van der Waals surface area contributed by atoms with Crippen molar-refractivity contribution in [1.82, 2.24) is 0 Å². The third-order valence-corrected chi connectivity index (χ3v) is 2.99. The van der Waals surface area contributed by atoms with E-state index in [1.807, 2.05) is 31.2 Å². The maximum atomic E-state index is 11.8. The number of carbonyl (C=O) groups is 2. The Morgan fingerprint density at radius 3 is 1.95 bits per heavy atom. The lowest BCUT2D eigenvalue weighted by Gasteiger charge is -2.20. The summed E-state index contributed by atoms with van der Waals surface area (Å²) in [5.74, 6) is -2.76. The highest BCUT2D eigenvalue weighted by Gasteiger charge is 2.36. The maximum absolute atomic E-state index is 11.8. The minimum absolute atomic E-state index is 0.472. The zero-order chi connectivity index (χ0) is 14.4. The van der Waals surface area contributed by atoms with Crippen LogP contribution >= 0.6 is 0 Å². The Bertz CT molecular complexity index is 446. The van der Waals surface area contributed by atoms with E-state index in [4.69, 9.17) is 0 Å². The number of benzene rings is 1. The molecule has 0 spiro atoms. The third-order valence-electron chi connectivity index (χ3n) is 2.99. The molecule has 0 heterocycles. The van der Waals surface area contributed by atoms with Crippen molar-refractivity contribution < 1.29 is 19.1 Å². The topological polar surface area (TPSA) is 52.6 Å². The van der Waals surface area contributed by atoms with Gasteiger partial charge in [0.1, 0.15) is 0 Å². The van der Waals surface area contributed by atoms with Gasteiger partial charge < -0.3 is 9.47 Å². The van der Waals surface area contributed by atoms with Gasteiger partial charge >= 0.3 is 11.9 Å². The van der Waals surface area contributed by atoms with E-state index in [2.05, 4.69) is 16.1 Å². The smallest absolute Gasteiger partial charge is 0.321 e. The number of ether oxygens (including phenoxy) is 2. The summed E-state index contributed by atoms with van der Waals surface area (Å²) in [6.45, 7) is 5.66. The Morgan fingerprint density at radius 2 is 1.58 bits per heavy atom. The van der Waals surface area contributed by atoms with Crippen LogP contribution in [0.5, 0.6) is 0 Å². The Kier molecular flexibility index (Phi) is 5.30. The van der Waals surface area contributed by atoms with Gasteiger partial charge in [0.2, 0.25) is 0 Å². The van der Waals surface area contributed by atoms with Crippen LogP contribution in [0.3, 0.4) is 0 Å². The van der Waals surface area contributed by atoms with Gasteiger partial charge in [-0.3, -0.25) is 9.59 Å². The quantitative estimate of drug-likeness (QED) is 0.464. The molecule has 1 aromatic carbocycles. The molecular formula is C15H18O4. The molecule has 0 amide bonds. The Balaban J connectivity index is 3.16. The van der Waals surface area contributed by atoms with E-state index in [-0.39, 0.29) is 0 Å². The van der Waals surface area contributed by atoms with Gasteiger partial charge in [-0.2, -0.15) is 0 Å². The zero-order valence-corrected chi connectivity index (χ0v) is 11.4. The molecule has 0 radical (unpaired) electrons. The highest BCUT2D eigenvalue weighted by atomic mass is 16.5. The van der Waals surface area contributed by atoms with Gasteiger partial charge in [0.25, 0.3) is 0 Å². The predicted octanol–water partition coefficient (Wildman–Crippen LogP) is 2.23. The number of allylic oxidation sites excluding steroid dienone is 1. The number of aryl methyl sites for hydroxylation is 1. The normalized spacial score (nSPS) is 11.8. The van der Waals surface area contributed by atoms with Crippen molar-refractivity contribution in [2.24, 2.45) is 5.92 Å². The van der Waals surface area contributed by atoms with E-state index >= 15 is 0 Å². The maximum Gasteiger partial charge on any atom is 0.321 e. The highest BCUT2D eigenvalue weighted by molar-refractivity contribution is 5.96. The van der Waals surface area contributed by atoms with Gasteiger partial charge in [0.05, 0.1) is 14.2 Å². The minimum Gasteiger partial charge on any atom is -0.468 e. The van der Waals surface area contributed by atoms with Gasteiger partial charge in [-0.25, -0.2) is 0 Å². The summed E-state index contributed by atoms with van der Waals surface area (Å²) in [5.41, 5.74) is 1.92. The first-order chi connectivity index (χ1) is 9.04. The summed E-state index contributed by atoms with van der Waals surface area (Å²) in [6, 6.07) is 7.55. The van der Waals surface area contributed by atoms with Crippen molar-refractivity contribution in [1.29, 1.82) is 0 Å². The molecule has 4 heteroatoms. The number of hydrogen-bond acceptors (Lipinski definition) is 4. The van der Waals surface area contributed by atoms with Crippen LogP contribution in [0.25, 0.3) is 0 Å². The van der Waals surface area contributed by atoms with E-state index < -0.39 is 23.8 Å². The molecule has 0 saturated carbocycles. The first-order valence-electron chi connectivity index (χ1n) is 5.90. The van der Waals surface area contributed by atoms with Crippen LogP contribution in [0.4, 0.5) is 0 Å². The van der Waals surface area contributed by atoms with Gasteiger partial charge in [0, 0.05) is 5.92 Å². The molecule has 0 bridgehead atoms. The van der Waals surface area contributed by atoms with E-state index in [1.54, 1.807) is 6.08 Å². The van der Waals surface area contributed by atoms with Crippen molar-refractivity contribution in [2.75, 3.05) is 14.2 Å². The monoisotopic (exact) mass is 262 g/mol. The lowest BCUT2D eigenvalue weighted by Crippen LogP contribution is -2.31. The molecule has 0 aliphatic carbocycles. The summed E-state index contributed by atoms with van der Waals surface area (Å²) in [5, 5.41) is 0. The summed E-state index contributed by atoms with van der Waals surface area (Å²) in [7, 11) is 2.49. The van der Waals surface area contributed by atoms with Gasteiger partial charge in [-0.05, 0) is 12.5 Å². The van der Waals surface area contributed by atoms with Crippen LogP contribution in [-0.2, 0) is 19.1 Å². The second-order valence-electron chi connectivity index (χ2n) is 4.20. The van der Waals surface area contributed by atoms with Crippen molar-refractivity contribution in [3.8, 4) is 0 Å². The molecule has 1 aromatic rings. The largest absolute Gasteiger partial charge is 0.468 e. The first kappa shape index (κ1) is 15.0. The minimum atomic E-state index is -1.03. The van der Waals surface area contributed by atoms with E-state index in [9.17, 15) is 9.59 Å². The van der Waals surface area contributed by atoms with Crippen molar-refractivity contribution in [3.05, 3.63) is 48.0 Å². The zero-order valence-electron chi connectivity index (χ0n) is 11.4. The van der Waals surface area contributed by atoms with Crippen molar-refractivity contribution in [3.63, 3.8) is 0 Å². The molecule has 1 atom stereocenters. The van der Waals surface area contributed by atoms with Crippen LogP contribution in [0.15, 0.2) is 36.9 Å². The summed E-state index contributed by atoms with van der Waals surface area (Å²) in [6.07, 6.45) is 1.56. The molecule has 19 heavy (non-hydrogen) atoms. The van der Waals surface area contributed by atoms with E-state index in [0.717, 1.165) is 11.1 Å². The van der Waals surface area contributed by atoms with Crippen LogP contribution in [-0.4, -0.2) is 26.2 Å². The SMILES string of the molecule is C=CC(c1ccc(C)cc1)C(C(=O)OC)C(=O)OC. The van der Waals surface area contributed by atoms with Crippen molar-refractivity contribution in [2.45, 2.75) is 12.8 Å². The average molecular weight is 262 g/mol. The predicted molar refractivity (Wildman–Crippen MR) is 71.6 cm³/mol. The van der Waals surface area contributed by atoms with Crippen LogP contribution in [0.1, 0.15) is 17.0 Å². The average Bonchev–Trinajstić information content (AvgIpc) is 2.44. The van der Waals surface area contributed by atoms with Gasteiger partial charge in [0.15, 0.2) is 5.92 Å². The molecule has 4 nitrogen and oxygen atoms in total. The van der Waals surface area contributed by atoms with Crippen molar-refractivity contribution >= 4 is 11.9 Å². The molecule has 0 aliphatic rings. The first-order valence-corrected chi connectivity index (χ1v) is 5.90. The van der Waals surface area contributed by atoms with Crippen LogP contribution < -0.4 is 0 Å². The summed E-state index contributed by atoms with van der Waals surface area (Å²) < 4.78 is 9.35. The Morgan fingerprint density at radius 1 is 1.11 bits per heavy atom. The second-order valence-corrected chi connectivity index (χ2v) is 4.20. The molecule has 1 rings (SSSR count). The number of carbonyl (C=O) groups excluding carboxylic acids is 2. The number of hydrogen-bond donors (Lipinski definition) is 0. The number of rotatable bonds is 5. The van der Waals surface area contributed by atoms with Gasteiger partial charge in [-0.15, -0.1) is 6.58 Å². The Hall–Kier alpha value is -2.10. The lowest BCUT2D eigenvalue weighted by molar-refractivity contribution is -0.159. The number of methoxy groups -OCH3 is 2. The van der Waals surface area contributed by atoms with Crippen LogP contribution in [0, 0.1) is 12.8 Å². The number of esters is 2.